The second kappa shape index (κ2) is 8.61. The van der Waals surface area contributed by atoms with E-state index in [0.29, 0.717) is 12.0 Å². The summed E-state index contributed by atoms with van der Waals surface area (Å²) in [6.45, 7) is 7.43. The summed E-state index contributed by atoms with van der Waals surface area (Å²) in [5.74, 6) is -0.395. The summed E-state index contributed by atoms with van der Waals surface area (Å²) in [7, 11) is 1.37. The number of methoxy groups -OCH3 is 1. The van der Waals surface area contributed by atoms with E-state index in [9.17, 15) is 9.59 Å². The molecule has 6 heteroatoms. The van der Waals surface area contributed by atoms with Crippen LogP contribution in [0.1, 0.15) is 43.6 Å². The first-order chi connectivity index (χ1) is 14.2. The fourth-order valence-electron chi connectivity index (χ4n) is 3.48. The van der Waals surface area contributed by atoms with E-state index >= 15 is 0 Å². The molecule has 2 aromatic carbocycles. The smallest absolute Gasteiger partial charge is 0.407 e. The van der Waals surface area contributed by atoms with Crippen LogP contribution >= 0.6 is 0 Å². The van der Waals surface area contributed by atoms with Gasteiger partial charge in [-0.2, -0.15) is 0 Å². The highest BCUT2D eigenvalue weighted by Crippen LogP contribution is 2.33. The van der Waals surface area contributed by atoms with E-state index in [1.54, 1.807) is 6.07 Å². The zero-order valence-corrected chi connectivity index (χ0v) is 18.0. The lowest BCUT2D eigenvalue weighted by atomic mass is 9.98. The first-order valence-corrected chi connectivity index (χ1v) is 9.96. The van der Waals surface area contributed by atoms with Crippen molar-refractivity contribution in [3.05, 3.63) is 59.7 Å². The Morgan fingerprint density at radius 2 is 1.77 bits per heavy atom. The van der Waals surface area contributed by atoms with E-state index in [4.69, 9.17) is 9.47 Å². The summed E-state index contributed by atoms with van der Waals surface area (Å²) in [6, 6.07) is 15.3. The number of benzene rings is 2. The van der Waals surface area contributed by atoms with Crippen LogP contribution < -0.4 is 5.32 Å². The number of aromatic nitrogens is 1. The molecule has 0 fully saturated rings. The number of nitrogens with one attached hydrogen (secondary N) is 2. The molecule has 158 valence electrons. The number of fused-ring (bicyclic) bond motifs is 1. The maximum Gasteiger partial charge on any atom is 0.407 e. The molecule has 0 bridgehead atoms. The number of esters is 1. The molecule has 0 saturated carbocycles. The average molecular weight is 408 g/mol. The van der Waals surface area contributed by atoms with E-state index in [-0.39, 0.29) is 6.04 Å². The Morgan fingerprint density at radius 3 is 2.40 bits per heavy atom. The molecule has 2 N–H and O–H groups in total. The molecule has 1 heterocycles. The normalized spacial score (nSPS) is 12.4. The van der Waals surface area contributed by atoms with Crippen molar-refractivity contribution in [1.29, 1.82) is 0 Å². The minimum Gasteiger partial charge on any atom is -0.465 e. The third-order valence-electron chi connectivity index (χ3n) is 4.68. The molecule has 1 aromatic heterocycles. The van der Waals surface area contributed by atoms with Gasteiger partial charge in [-0.05, 0) is 51.3 Å². The van der Waals surface area contributed by atoms with Gasteiger partial charge in [0.2, 0.25) is 0 Å². The van der Waals surface area contributed by atoms with Gasteiger partial charge in [0.1, 0.15) is 5.60 Å². The van der Waals surface area contributed by atoms with Gasteiger partial charge in [0, 0.05) is 17.1 Å². The molecule has 1 amide bonds. The SMILES string of the molecule is COC(=O)c1cccc2c(C[C@@H](C)NC(=O)OC(C)(C)C)c(-c3ccccc3)[nH]c12. The number of para-hydroxylation sites is 1. The van der Waals surface area contributed by atoms with Crippen molar-refractivity contribution in [3.63, 3.8) is 0 Å². The largest absolute Gasteiger partial charge is 0.465 e. The van der Waals surface area contributed by atoms with Crippen LogP contribution in [0.4, 0.5) is 4.79 Å². The molecular weight excluding hydrogens is 380 g/mol. The minimum absolute atomic E-state index is 0.178. The highest BCUT2D eigenvalue weighted by atomic mass is 16.6. The third kappa shape index (κ3) is 4.82. The van der Waals surface area contributed by atoms with Crippen LogP contribution in [0, 0.1) is 0 Å². The molecule has 0 aliphatic rings. The van der Waals surface area contributed by atoms with Gasteiger partial charge >= 0.3 is 12.1 Å². The topological polar surface area (TPSA) is 80.4 Å². The van der Waals surface area contributed by atoms with Gasteiger partial charge < -0.3 is 19.8 Å². The fraction of sp³-hybridized carbons (Fsp3) is 0.333. The van der Waals surface area contributed by atoms with E-state index in [0.717, 1.165) is 27.7 Å². The first-order valence-electron chi connectivity index (χ1n) is 9.96. The molecule has 0 radical (unpaired) electrons. The number of carbonyl (C=O) groups excluding carboxylic acids is 2. The number of hydrogen-bond acceptors (Lipinski definition) is 4. The minimum atomic E-state index is -0.560. The zero-order valence-electron chi connectivity index (χ0n) is 18.0. The van der Waals surface area contributed by atoms with Crippen molar-refractivity contribution < 1.29 is 19.1 Å². The Bertz CT molecular complexity index is 1050. The monoisotopic (exact) mass is 408 g/mol. The van der Waals surface area contributed by atoms with Gasteiger partial charge in [0.25, 0.3) is 0 Å². The van der Waals surface area contributed by atoms with Crippen LogP contribution in [0.5, 0.6) is 0 Å². The van der Waals surface area contributed by atoms with Gasteiger partial charge in [-0.25, -0.2) is 9.59 Å². The van der Waals surface area contributed by atoms with Crippen molar-refractivity contribution in [3.8, 4) is 11.3 Å². The van der Waals surface area contributed by atoms with Crippen LogP contribution in [-0.4, -0.2) is 35.8 Å². The lowest BCUT2D eigenvalue weighted by Crippen LogP contribution is -2.38. The number of rotatable bonds is 5. The predicted molar refractivity (Wildman–Crippen MR) is 118 cm³/mol. The molecule has 0 aliphatic heterocycles. The lowest BCUT2D eigenvalue weighted by Gasteiger charge is -2.22. The maximum absolute atomic E-state index is 12.3. The van der Waals surface area contributed by atoms with Gasteiger partial charge in [-0.3, -0.25) is 0 Å². The van der Waals surface area contributed by atoms with Crippen molar-refractivity contribution >= 4 is 23.0 Å². The summed E-state index contributed by atoms with van der Waals surface area (Å²) in [6.07, 6.45) is 0.111. The molecule has 0 unspecified atom stereocenters. The van der Waals surface area contributed by atoms with Crippen LogP contribution in [0.25, 0.3) is 22.2 Å². The Balaban J connectivity index is 2.01. The Labute approximate surface area is 176 Å². The number of ether oxygens (including phenoxy) is 2. The van der Waals surface area contributed by atoms with Crippen LogP contribution in [-0.2, 0) is 15.9 Å². The molecule has 3 aromatic rings. The van der Waals surface area contributed by atoms with Gasteiger partial charge in [-0.15, -0.1) is 0 Å². The van der Waals surface area contributed by atoms with Crippen molar-refractivity contribution in [2.75, 3.05) is 7.11 Å². The number of alkyl carbamates (subject to hydrolysis) is 1. The van der Waals surface area contributed by atoms with E-state index < -0.39 is 17.7 Å². The number of amides is 1. The molecule has 0 aliphatic carbocycles. The quantitative estimate of drug-likeness (QED) is 0.577. The summed E-state index contributed by atoms with van der Waals surface area (Å²) in [5, 5.41) is 3.83. The fourth-order valence-corrected chi connectivity index (χ4v) is 3.48. The molecule has 1 atom stereocenters. The van der Waals surface area contributed by atoms with Gasteiger partial charge in [-0.1, -0.05) is 42.5 Å². The van der Waals surface area contributed by atoms with Crippen molar-refractivity contribution in [1.82, 2.24) is 10.3 Å². The van der Waals surface area contributed by atoms with E-state index in [1.807, 2.05) is 70.2 Å². The summed E-state index contributed by atoms with van der Waals surface area (Å²) < 4.78 is 10.3. The van der Waals surface area contributed by atoms with Gasteiger partial charge in [0.15, 0.2) is 0 Å². The maximum atomic E-state index is 12.3. The molecule has 3 rings (SSSR count). The highest BCUT2D eigenvalue weighted by Gasteiger charge is 2.22. The second-order valence-corrected chi connectivity index (χ2v) is 8.32. The predicted octanol–water partition coefficient (Wildman–Crippen LogP) is 5.08. The number of aromatic amines is 1. The van der Waals surface area contributed by atoms with E-state index in [2.05, 4.69) is 10.3 Å². The molecule has 0 saturated heterocycles. The summed E-state index contributed by atoms with van der Waals surface area (Å²) in [4.78, 5) is 27.9. The summed E-state index contributed by atoms with van der Waals surface area (Å²) in [5.41, 5.74) is 3.58. The van der Waals surface area contributed by atoms with Crippen molar-refractivity contribution in [2.45, 2.75) is 45.8 Å². The van der Waals surface area contributed by atoms with Gasteiger partial charge in [0.05, 0.1) is 18.2 Å². The first kappa shape index (κ1) is 21.4. The van der Waals surface area contributed by atoms with Crippen LogP contribution in [0.15, 0.2) is 48.5 Å². The number of carbonyl (C=O) groups is 2. The zero-order chi connectivity index (χ0) is 21.9. The van der Waals surface area contributed by atoms with Crippen LogP contribution in [0.2, 0.25) is 0 Å². The lowest BCUT2D eigenvalue weighted by molar-refractivity contribution is 0.0507. The Kier molecular flexibility index (Phi) is 6.15. The third-order valence-corrected chi connectivity index (χ3v) is 4.68. The molecule has 0 spiro atoms. The Hall–Kier alpha value is -3.28. The number of H-pyrrole nitrogens is 1. The molecular formula is C24H28N2O4. The van der Waals surface area contributed by atoms with Crippen LogP contribution in [0.3, 0.4) is 0 Å². The van der Waals surface area contributed by atoms with Crippen molar-refractivity contribution in [2.24, 2.45) is 0 Å². The highest BCUT2D eigenvalue weighted by molar-refractivity contribution is 6.05. The second-order valence-electron chi connectivity index (χ2n) is 8.32. The molecule has 6 nitrogen and oxygen atoms in total. The Morgan fingerprint density at radius 1 is 1.07 bits per heavy atom. The standard InChI is InChI=1S/C24H28N2O4/c1-15(25-23(28)30-24(2,3)4)14-19-17-12-9-13-18(22(27)29-5)21(17)26-20(19)16-10-7-6-8-11-16/h6-13,15,26H,14H2,1-5H3,(H,25,28)/t15-/m1/s1. The summed E-state index contributed by atoms with van der Waals surface area (Å²) >= 11 is 0. The van der Waals surface area contributed by atoms with E-state index in [1.165, 1.54) is 7.11 Å². The number of hydrogen-bond donors (Lipinski definition) is 2. The average Bonchev–Trinajstić information content (AvgIpc) is 3.04. The molecule has 30 heavy (non-hydrogen) atoms.